The second-order valence-corrected chi connectivity index (χ2v) is 4.36. The molecule has 0 radical (unpaired) electrons. The van der Waals surface area contributed by atoms with E-state index in [-0.39, 0.29) is 11.9 Å². The summed E-state index contributed by atoms with van der Waals surface area (Å²) in [4.78, 5) is 16.4. The maximum absolute atomic E-state index is 12.2. The van der Waals surface area contributed by atoms with Gasteiger partial charge in [0.15, 0.2) is 0 Å². The highest BCUT2D eigenvalue weighted by Crippen LogP contribution is 2.16. The first-order valence-electron chi connectivity index (χ1n) is 6.37. The number of pyridine rings is 1. The van der Waals surface area contributed by atoms with Crippen LogP contribution < -0.4 is 5.32 Å². The van der Waals surface area contributed by atoms with Crippen LogP contribution in [0.15, 0.2) is 36.5 Å². The van der Waals surface area contributed by atoms with Gasteiger partial charge >= 0.3 is 0 Å². The molecule has 0 aliphatic rings. The van der Waals surface area contributed by atoms with Gasteiger partial charge in [0.1, 0.15) is 5.69 Å². The number of nitrogens with one attached hydrogen (secondary N) is 1. The zero-order valence-corrected chi connectivity index (χ0v) is 10.9. The molecule has 0 bridgehead atoms. The van der Waals surface area contributed by atoms with Gasteiger partial charge in [-0.1, -0.05) is 43.5 Å². The molecular formula is C16H16N2O. The van der Waals surface area contributed by atoms with Crippen LogP contribution in [0.2, 0.25) is 0 Å². The van der Waals surface area contributed by atoms with Crippen molar-refractivity contribution in [2.24, 2.45) is 0 Å². The Bertz CT molecular complexity index is 623. The number of carbonyl (C=O) groups excluding carboxylic acids is 1. The lowest BCUT2D eigenvalue weighted by Gasteiger charge is -2.12. The van der Waals surface area contributed by atoms with Gasteiger partial charge in [0, 0.05) is 11.6 Å². The molecule has 1 unspecified atom stereocenters. The van der Waals surface area contributed by atoms with Gasteiger partial charge in [-0.25, -0.2) is 0 Å². The fourth-order valence-electron chi connectivity index (χ4n) is 2.01. The number of carbonyl (C=O) groups is 1. The minimum atomic E-state index is -0.238. The molecule has 3 heteroatoms. The van der Waals surface area contributed by atoms with E-state index >= 15 is 0 Å². The number of nitrogens with zero attached hydrogens (tertiary/aromatic N) is 1. The molecular weight excluding hydrogens is 236 g/mol. The maximum atomic E-state index is 12.2. The summed E-state index contributed by atoms with van der Waals surface area (Å²) in [6.45, 7) is 2.03. The smallest absolute Gasteiger partial charge is 0.271 e. The van der Waals surface area contributed by atoms with E-state index in [1.807, 2.05) is 37.3 Å². The summed E-state index contributed by atoms with van der Waals surface area (Å²) in [5.74, 6) is 2.38. The van der Waals surface area contributed by atoms with Crippen LogP contribution in [0.1, 0.15) is 30.3 Å². The quantitative estimate of drug-likeness (QED) is 0.850. The molecule has 19 heavy (non-hydrogen) atoms. The van der Waals surface area contributed by atoms with E-state index < -0.39 is 0 Å². The molecule has 2 rings (SSSR count). The van der Waals surface area contributed by atoms with Gasteiger partial charge in [0.2, 0.25) is 0 Å². The summed E-state index contributed by atoms with van der Waals surface area (Å²) in [6.07, 6.45) is 8.75. The minimum absolute atomic E-state index is 0.215. The molecule has 1 atom stereocenters. The first kappa shape index (κ1) is 13.1. The van der Waals surface area contributed by atoms with Crippen molar-refractivity contribution in [3.8, 4) is 12.3 Å². The molecule has 1 heterocycles. The van der Waals surface area contributed by atoms with Gasteiger partial charge in [-0.2, -0.15) is 0 Å². The second-order valence-electron chi connectivity index (χ2n) is 4.36. The molecule has 1 N–H and O–H groups in total. The Morgan fingerprint density at radius 3 is 2.95 bits per heavy atom. The van der Waals surface area contributed by atoms with Gasteiger partial charge in [0.05, 0.1) is 6.04 Å². The van der Waals surface area contributed by atoms with E-state index in [9.17, 15) is 4.79 Å². The van der Waals surface area contributed by atoms with Crippen molar-refractivity contribution < 1.29 is 4.79 Å². The third-order valence-electron chi connectivity index (χ3n) is 2.97. The zero-order valence-electron chi connectivity index (χ0n) is 10.9. The van der Waals surface area contributed by atoms with E-state index in [4.69, 9.17) is 6.42 Å². The minimum Gasteiger partial charge on any atom is -0.337 e. The van der Waals surface area contributed by atoms with Crippen molar-refractivity contribution in [1.29, 1.82) is 0 Å². The van der Waals surface area contributed by atoms with Gasteiger partial charge in [-0.3, -0.25) is 9.78 Å². The summed E-state index contributed by atoms with van der Waals surface area (Å²) >= 11 is 0. The lowest BCUT2D eigenvalue weighted by molar-refractivity contribution is 0.0941. The predicted molar refractivity (Wildman–Crippen MR) is 76.7 cm³/mol. The van der Waals surface area contributed by atoms with Gasteiger partial charge in [-0.15, -0.1) is 6.42 Å². The van der Waals surface area contributed by atoms with Gasteiger partial charge in [-0.05, 0) is 17.9 Å². The van der Waals surface area contributed by atoms with Crippen LogP contribution in [0.3, 0.4) is 0 Å². The fourth-order valence-corrected chi connectivity index (χ4v) is 2.01. The molecule has 96 valence electrons. The predicted octanol–water partition coefficient (Wildman–Crippen LogP) is 2.77. The number of hydrogen-bond acceptors (Lipinski definition) is 2. The molecule has 0 saturated heterocycles. The lowest BCUT2D eigenvalue weighted by atomic mass is 10.1. The van der Waals surface area contributed by atoms with Crippen molar-refractivity contribution in [1.82, 2.24) is 10.3 Å². The van der Waals surface area contributed by atoms with Gasteiger partial charge in [0.25, 0.3) is 5.91 Å². The maximum Gasteiger partial charge on any atom is 0.271 e. The summed E-state index contributed by atoms with van der Waals surface area (Å²) in [7, 11) is 0. The Morgan fingerprint density at radius 2 is 2.21 bits per heavy atom. The third-order valence-corrected chi connectivity index (χ3v) is 2.97. The van der Waals surface area contributed by atoms with E-state index in [0.717, 1.165) is 23.6 Å². The fraction of sp³-hybridized carbons (Fsp3) is 0.250. The average Bonchev–Trinajstić information content (AvgIpc) is 2.46. The Hall–Kier alpha value is -2.34. The van der Waals surface area contributed by atoms with E-state index in [1.54, 1.807) is 6.20 Å². The molecule has 1 amide bonds. The van der Waals surface area contributed by atoms with Crippen LogP contribution in [-0.4, -0.2) is 16.9 Å². The average molecular weight is 252 g/mol. The van der Waals surface area contributed by atoms with Crippen LogP contribution >= 0.6 is 0 Å². The standard InChI is InChI=1S/C16H16N2O/c1-3-7-13(4-2)18-16(19)15-14-9-6-5-8-12(14)10-11-17-15/h2,5-6,8-11,13H,3,7H2,1H3,(H,18,19). The topological polar surface area (TPSA) is 42.0 Å². The molecule has 1 aromatic heterocycles. The van der Waals surface area contributed by atoms with Crippen LogP contribution in [0, 0.1) is 12.3 Å². The SMILES string of the molecule is C#CC(CCC)NC(=O)c1nccc2ccccc12. The number of aromatic nitrogens is 1. The molecule has 0 aliphatic heterocycles. The Morgan fingerprint density at radius 1 is 1.42 bits per heavy atom. The van der Waals surface area contributed by atoms with Crippen LogP contribution in [-0.2, 0) is 0 Å². The van der Waals surface area contributed by atoms with Crippen molar-refractivity contribution in [3.63, 3.8) is 0 Å². The van der Waals surface area contributed by atoms with Gasteiger partial charge < -0.3 is 5.32 Å². The van der Waals surface area contributed by atoms with Crippen LogP contribution in [0.4, 0.5) is 0 Å². The Balaban J connectivity index is 2.29. The first-order chi connectivity index (χ1) is 9.26. The summed E-state index contributed by atoms with van der Waals surface area (Å²) in [6, 6.07) is 9.33. The van der Waals surface area contributed by atoms with E-state index in [1.165, 1.54) is 0 Å². The third kappa shape index (κ3) is 2.92. The number of rotatable bonds is 4. The monoisotopic (exact) mass is 252 g/mol. The van der Waals surface area contributed by atoms with E-state index in [0.29, 0.717) is 5.69 Å². The largest absolute Gasteiger partial charge is 0.337 e. The number of benzene rings is 1. The van der Waals surface area contributed by atoms with Crippen LogP contribution in [0.5, 0.6) is 0 Å². The first-order valence-corrected chi connectivity index (χ1v) is 6.37. The summed E-state index contributed by atoms with van der Waals surface area (Å²) < 4.78 is 0. The highest BCUT2D eigenvalue weighted by Gasteiger charge is 2.14. The van der Waals surface area contributed by atoms with Crippen molar-refractivity contribution in [3.05, 3.63) is 42.2 Å². The number of amides is 1. The van der Waals surface area contributed by atoms with Crippen molar-refractivity contribution in [2.75, 3.05) is 0 Å². The van der Waals surface area contributed by atoms with Crippen molar-refractivity contribution >= 4 is 16.7 Å². The molecule has 3 nitrogen and oxygen atoms in total. The lowest BCUT2D eigenvalue weighted by Crippen LogP contribution is -2.34. The molecule has 2 aromatic rings. The normalized spacial score (nSPS) is 11.8. The number of fused-ring (bicyclic) bond motifs is 1. The summed E-state index contributed by atoms with van der Waals surface area (Å²) in [5, 5.41) is 4.68. The Kier molecular flexibility index (Phi) is 4.15. The highest BCUT2D eigenvalue weighted by atomic mass is 16.1. The molecule has 0 spiro atoms. The number of hydrogen-bond donors (Lipinski definition) is 1. The Labute approximate surface area is 113 Å². The van der Waals surface area contributed by atoms with Crippen LogP contribution in [0.25, 0.3) is 10.8 Å². The molecule has 0 saturated carbocycles. The zero-order chi connectivity index (χ0) is 13.7. The van der Waals surface area contributed by atoms with Crippen molar-refractivity contribution in [2.45, 2.75) is 25.8 Å². The molecule has 1 aromatic carbocycles. The molecule has 0 fully saturated rings. The highest BCUT2D eigenvalue weighted by molar-refractivity contribution is 6.05. The molecule has 0 aliphatic carbocycles. The summed E-state index contributed by atoms with van der Waals surface area (Å²) in [5.41, 5.74) is 0.425. The van der Waals surface area contributed by atoms with E-state index in [2.05, 4.69) is 16.2 Å². The number of terminal acetylenes is 1. The second kappa shape index (κ2) is 6.01.